The number of likely N-dealkylation sites (tertiary alicyclic amines) is 1. The van der Waals surface area contributed by atoms with Gasteiger partial charge in [-0.3, -0.25) is 9.48 Å². The molecule has 1 aliphatic heterocycles. The van der Waals surface area contributed by atoms with Crippen LogP contribution in [0, 0.1) is 0 Å². The van der Waals surface area contributed by atoms with E-state index in [1.54, 1.807) is 7.11 Å². The third kappa shape index (κ3) is 4.95. The highest BCUT2D eigenvalue weighted by molar-refractivity contribution is 5.94. The number of rotatable bonds is 7. The van der Waals surface area contributed by atoms with Crippen LogP contribution in [0.1, 0.15) is 66.3 Å². The topological polar surface area (TPSA) is 59.4 Å². The largest absolute Gasteiger partial charge is 0.496 e. The molecule has 31 heavy (non-hydrogen) atoms. The van der Waals surface area contributed by atoms with Gasteiger partial charge in [0.1, 0.15) is 5.75 Å². The SMILES string of the molecule is CCn1nc(C(=O)N2CCCCCC2)c2c1CCC(NCCc1ccccc1OC)C2. The average Bonchev–Trinajstić information content (AvgIpc) is 2.96. The van der Waals surface area contributed by atoms with Crippen molar-refractivity contribution in [3.63, 3.8) is 0 Å². The molecular weight excluding hydrogens is 388 g/mol. The van der Waals surface area contributed by atoms with Crippen LogP contribution in [-0.4, -0.2) is 53.4 Å². The second-order valence-corrected chi connectivity index (χ2v) is 8.75. The maximum atomic E-state index is 13.3. The van der Waals surface area contributed by atoms with Gasteiger partial charge in [0.05, 0.1) is 7.11 Å². The molecule has 1 amide bonds. The summed E-state index contributed by atoms with van der Waals surface area (Å²) in [6, 6.07) is 8.59. The van der Waals surface area contributed by atoms with Crippen molar-refractivity contribution in [1.29, 1.82) is 0 Å². The van der Waals surface area contributed by atoms with E-state index in [0.29, 0.717) is 11.7 Å². The normalized spacial score (nSPS) is 19.0. The molecule has 0 bridgehead atoms. The molecule has 0 radical (unpaired) electrons. The van der Waals surface area contributed by atoms with E-state index in [9.17, 15) is 4.79 Å². The zero-order chi connectivity index (χ0) is 21.6. The Hall–Kier alpha value is -2.34. The van der Waals surface area contributed by atoms with Gasteiger partial charge in [0.2, 0.25) is 0 Å². The fraction of sp³-hybridized carbons (Fsp3) is 0.600. The third-order valence-corrected chi connectivity index (χ3v) is 6.76. The van der Waals surface area contributed by atoms with Gasteiger partial charge in [-0.2, -0.15) is 5.10 Å². The lowest BCUT2D eigenvalue weighted by Crippen LogP contribution is -2.37. The molecule has 1 aromatic heterocycles. The van der Waals surface area contributed by atoms with Crippen molar-refractivity contribution in [2.24, 2.45) is 0 Å². The second-order valence-electron chi connectivity index (χ2n) is 8.75. The van der Waals surface area contributed by atoms with E-state index in [0.717, 1.165) is 70.5 Å². The van der Waals surface area contributed by atoms with E-state index in [1.165, 1.54) is 29.7 Å². The molecule has 1 saturated heterocycles. The fourth-order valence-corrected chi connectivity index (χ4v) is 5.04. The Morgan fingerprint density at radius 2 is 1.97 bits per heavy atom. The molecule has 1 N–H and O–H groups in total. The first-order valence-corrected chi connectivity index (χ1v) is 11.9. The van der Waals surface area contributed by atoms with Crippen LogP contribution in [0.15, 0.2) is 24.3 Å². The van der Waals surface area contributed by atoms with Crippen molar-refractivity contribution in [1.82, 2.24) is 20.0 Å². The van der Waals surface area contributed by atoms with Gasteiger partial charge in [0, 0.05) is 36.9 Å². The molecule has 2 aromatic rings. The molecule has 1 atom stereocenters. The number of aromatic nitrogens is 2. The predicted molar refractivity (Wildman–Crippen MR) is 123 cm³/mol. The number of methoxy groups -OCH3 is 1. The van der Waals surface area contributed by atoms with E-state index >= 15 is 0 Å². The van der Waals surface area contributed by atoms with Crippen LogP contribution >= 0.6 is 0 Å². The molecule has 2 aliphatic rings. The maximum absolute atomic E-state index is 13.3. The monoisotopic (exact) mass is 424 g/mol. The molecule has 6 heteroatoms. The van der Waals surface area contributed by atoms with Gasteiger partial charge in [-0.15, -0.1) is 0 Å². The van der Waals surface area contributed by atoms with E-state index < -0.39 is 0 Å². The number of para-hydroxylation sites is 1. The zero-order valence-electron chi connectivity index (χ0n) is 19.0. The lowest BCUT2D eigenvalue weighted by atomic mass is 9.91. The summed E-state index contributed by atoms with van der Waals surface area (Å²) in [6.07, 6.45) is 8.55. The van der Waals surface area contributed by atoms with Gasteiger partial charge in [0.15, 0.2) is 5.69 Å². The molecule has 1 fully saturated rings. The quantitative estimate of drug-likeness (QED) is 0.738. The number of ether oxygens (including phenoxy) is 1. The van der Waals surface area contributed by atoms with Crippen LogP contribution in [0.3, 0.4) is 0 Å². The highest BCUT2D eigenvalue weighted by atomic mass is 16.5. The molecule has 1 unspecified atom stereocenters. The van der Waals surface area contributed by atoms with Crippen molar-refractivity contribution >= 4 is 5.91 Å². The minimum Gasteiger partial charge on any atom is -0.496 e. The summed E-state index contributed by atoms with van der Waals surface area (Å²) in [5, 5.41) is 8.51. The molecule has 168 valence electrons. The molecule has 0 spiro atoms. The smallest absolute Gasteiger partial charge is 0.274 e. The molecule has 1 aliphatic carbocycles. The number of hydrogen-bond acceptors (Lipinski definition) is 4. The highest BCUT2D eigenvalue weighted by Gasteiger charge is 2.31. The minimum atomic E-state index is 0.139. The van der Waals surface area contributed by atoms with Gasteiger partial charge >= 0.3 is 0 Å². The first-order valence-electron chi connectivity index (χ1n) is 11.9. The number of benzene rings is 1. The number of carbonyl (C=O) groups is 1. The number of carbonyl (C=O) groups excluding carboxylic acids is 1. The van der Waals surface area contributed by atoms with Crippen LogP contribution in [0.25, 0.3) is 0 Å². The summed E-state index contributed by atoms with van der Waals surface area (Å²) in [7, 11) is 1.73. The summed E-state index contributed by atoms with van der Waals surface area (Å²) < 4.78 is 7.54. The van der Waals surface area contributed by atoms with Crippen LogP contribution in [0.5, 0.6) is 5.75 Å². The Kier molecular flexibility index (Phi) is 7.28. The highest BCUT2D eigenvalue weighted by Crippen LogP contribution is 2.27. The van der Waals surface area contributed by atoms with Crippen molar-refractivity contribution in [2.45, 2.75) is 70.9 Å². The summed E-state index contributed by atoms with van der Waals surface area (Å²) >= 11 is 0. The van der Waals surface area contributed by atoms with Gasteiger partial charge in [-0.05, 0) is 63.6 Å². The van der Waals surface area contributed by atoms with E-state index in [-0.39, 0.29) is 5.91 Å². The Balaban J connectivity index is 1.43. The van der Waals surface area contributed by atoms with E-state index in [1.807, 2.05) is 17.0 Å². The van der Waals surface area contributed by atoms with Crippen molar-refractivity contribution in [2.75, 3.05) is 26.7 Å². The van der Waals surface area contributed by atoms with Crippen LogP contribution < -0.4 is 10.1 Å². The number of hydrogen-bond donors (Lipinski definition) is 1. The molecule has 4 rings (SSSR count). The van der Waals surface area contributed by atoms with Crippen LogP contribution in [0.2, 0.25) is 0 Å². The molecule has 0 saturated carbocycles. The van der Waals surface area contributed by atoms with Crippen molar-refractivity contribution in [3.8, 4) is 5.75 Å². The number of nitrogens with one attached hydrogen (secondary N) is 1. The predicted octanol–water partition coefficient (Wildman–Crippen LogP) is 3.62. The van der Waals surface area contributed by atoms with Gasteiger partial charge in [0.25, 0.3) is 5.91 Å². The average molecular weight is 425 g/mol. The Bertz CT molecular complexity index is 884. The number of nitrogens with zero attached hydrogens (tertiary/aromatic N) is 3. The lowest BCUT2D eigenvalue weighted by molar-refractivity contribution is 0.0753. The maximum Gasteiger partial charge on any atom is 0.274 e. The first-order chi connectivity index (χ1) is 15.2. The van der Waals surface area contributed by atoms with Gasteiger partial charge in [-0.25, -0.2) is 0 Å². The fourth-order valence-electron chi connectivity index (χ4n) is 5.04. The van der Waals surface area contributed by atoms with E-state index in [4.69, 9.17) is 9.84 Å². The summed E-state index contributed by atoms with van der Waals surface area (Å²) in [6.45, 7) is 5.57. The molecule has 2 heterocycles. The summed E-state index contributed by atoms with van der Waals surface area (Å²) in [5.41, 5.74) is 4.38. The Morgan fingerprint density at radius 3 is 2.71 bits per heavy atom. The van der Waals surface area contributed by atoms with Crippen molar-refractivity contribution in [3.05, 3.63) is 46.8 Å². The summed E-state index contributed by atoms with van der Waals surface area (Å²) in [4.78, 5) is 15.4. The minimum absolute atomic E-state index is 0.139. The lowest BCUT2D eigenvalue weighted by Gasteiger charge is -2.25. The Labute approximate surface area is 186 Å². The standard InChI is InChI=1S/C25H36N4O2/c1-3-29-22-13-12-20(26-15-14-19-10-6-7-11-23(19)31-2)18-21(22)24(27-29)25(30)28-16-8-4-5-9-17-28/h6-7,10-11,20,26H,3-5,8-9,12-18H2,1-2H3. The number of fused-ring (bicyclic) bond motifs is 1. The number of amides is 1. The summed E-state index contributed by atoms with van der Waals surface area (Å²) in [5.74, 6) is 1.09. The zero-order valence-corrected chi connectivity index (χ0v) is 19.0. The Morgan fingerprint density at radius 1 is 1.19 bits per heavy atom. The van der Waals surface area contributed by atoms with Crippen LogP contribution in [0.4, 0.5) is 0 Å². The first kappa shape index (κ1) is 21.9. The third-order valence-electron chi connectivity index (χ3n) is 6.76. The molecule has 1 aromatic carbocycles. The van der Waals surface area contributed by atoms with Crippen LogP contribution in [-0.2, 0) is 25.8 Å². The molecular formula is C25H36N4O2. The number of aryl methyl sites for hydroxylation is 1. The molecule has 6 nitrogen and oxygen atoms in total. The van der Waals surface area contributed by atoms with Crippen molar-refractivity contribution < 1.29 is 9.53 Å². The second kappa shape index (κ2) is 10.3. The van der Waals surface area contributed by atoms with Gasteiger partial charge in [-0.1, -0.05) is 31.0 Å². The van der Waals surface area contributed by atoms with Gasteiger partial charge < -0.3 is 15.0 Å². The van der Waals surface area contributed by atoms with E-state index in [2.05, 4.69) is 29.1 Å².